The highest BCUT2D eigenvalue weighted by molar-refractivity contribution is 7.16. The van der Waals surface area contributed by atoms with Crippen LogP contribution in [-0.2, 0) is 17.6 Å². The molecule has 1 amide bonds. The van der Waals surface area contributed by atoms with Crippen LogP contribution in [-0.4, -0.2) is 5.91 Å². The number of carbonyl (C=O) groups is 1. The van der Waals surface area contributed by atoms with Crippen molar-refractivity contribution >= 4 is 22.2 Å². The van der Waals surface area contributed by atoms with Crippen LogP contribution in [0.4, 0.5) is 5.00 Å². The summed E-state index contributed by atoms with van der Waals surface area (Å²) in [6.45, 7) is 6.96. The molecule has 1 fully saturated rings. The number of nitriles is 1. The number of hydrogen-bond acceptors (Lipinski definition) is 3. The van der Waals surface area contributed by atoms with Gasteiger partial charge in [-0.05, 0) is 54.1 Å². The average molecular weight is 393 g/mol. The van der Waals surface area contributed by atoms with Crippen LogP contribution in [0.1, 0.15) is 67.5 Å². The summed E-state index contributed by atoms with van der Waals surface area (Å²) >= 11 is 1.63. The third kappa shape index (κ3) is 3.49. The van der Waals surface area contributed by atoms with Crippen LogP contribution in [0.2, 0.25) is 0 Å². The fraction of sp³-hybridized carbons (Fsp3) is 0.500. The van der Waals surface area contributed by atoms with Gasteiger partial charge >= 0.3 is 0 Å². The SMILES string of the molecule is CCC(C)(C)[C@@H]1CCc2c(sc(NC(=O)[C@@H]3C[C@H]3c3ccccc3)c2C#N)C1. The summed E-state index contributed by atoms with van der Waals surface area (Å²) in [6, 6.07) is 12.6. The van der Waals surface area contributed by atoms with Crippen LogP contribution in [0.3, 0.4) is 0 Å². The number of rotatable bonds is 5. The van der Waals surface area contributed by atoms with E-state index in [1.165, 1.54) is 16.0 Å². The maximum atomic E-state index is 12.8. The second-order valence-electron chi connectivity index (χ2n) is 8.95. The van der Waals surface area contributed by atoms with Crippen molar-refractivity contribution in [3.63, 3.8) is 0 Å². The maximum absolute atomic E-state index is 12.8. The minimum Gasteiger partial charge on any atom is -0.316 e. The Labute approximate surface area is 171 Å². The minimum absolute atomic E-state index is 0.0276. The first-order chi connectivity index (χ1) is 13.4. The molecule has 1 aromatic heterocycles. The first-order valence-electron chi connectivity index (χ1n) is 10.3. The van der Waals surface area contributed by atoms with E-state index >= 15 is 0 Å². The van der Waals surface area contributed by atoms with E-state index in [1.807, 2.05) is 18.2 Å². The van der Waals surface area contributed by atoms with Crippen molar-refractivity contribution in [1.82, 2.24) is 0 Å². The van der Waals surface area contributed by atoms with Gasteiger partial charge in [-0.3, -0.25) is 4.79 Å². The highest BCUT2D eigenvalue weighted by Gasteiger charge is 2.44. The molecule has 3 atom stereocenters. The molecule has 3 nitrogen and oxygen atoms in total. The summed E-state index contributed by atoms with van der Waals surface area (Å²) in [4.78, 5) is 14.1. The summed E-state index contributed by atoms with van der Waals surface area (Å²) in [6.07, 6.45) is 5.17. The average Bonchev–Trinajstić information content (AvgIpc) is 3.44. The molecule has 4 rings (SSSR count). The number of anilines is 1. The van der Waals surface area contributed by atoms with Gasteiger partial charge in [0.25, 0.3) is 0 Å². The number of thiophene rings is 1. The molecule has 2 aliphatic carbocycles. The van der Waals surface area contributed by atoms with Gasteiger partial charge in [-0.15, -0.1) is 11.3 Å². The van der Waals surface area contributed by atoms with E-state index in [9.17, 15) is 10.1 Å². The number of benzene rings is 1. The summed E-state index contributed by atoms with van der Waals surface area (Å²) in [5, 5.41) is 13.6. The van der Waals surface area contributed by atoms with Gasteiger partial charge in [-0.1, -0.05) is 57.5 Å². The molecule has 1 saturated carbocycles. The zero-order valence-corrected chi connectivity index (χ0v) is 17.7. The Kier molecular flexibility index (Phi) is 5.05. The minimum atomic E-state index is 0.0276. The van der Waals surface area contributed by atoms with Crippen molar-refractivity contribution < 1.29 is 4.79 Å². The lowest BCUT2D eigenvalue weighted by molar-refractivity contribution is -0.117. The van der Waals surface area contributed by atoms with Gasteiger partial charge in [0.05, 0.1) is 5.56 Å². The molecule has 0 unspecified atom stereocenters. The van der Waals surface area contributed by atoms with E-state index in [1.54, 1.807) is 11.3 Å². The van der Waals surface area contributed by atoms with E-state index < -0.39 is 0 Å². The normalized spacial score (nSPS) is 23.6. The van der Waals surface area contributed by atoms with Crippen molar-refractivity contribution in [3.05, 3.63) is 51.9 Å². The molecule has 28 heavy (non-hydrogen) atoms. The molecule has 1 aromatic carbocycles. The standard InChI is InChI=1S/C24H28N2OS/c1-4-24(2,3)16-10-11-17-20(14-25)23(28-21(17)12-16)26-22(27)19-13-18(19)15-8-6-5-7-9-15/h5-9,16,18-19H,4,10-13H2,1-3H3,(H,26,27)/t16-,18+,19-/m1/s1. The van der Waals surface area contributed by atoms with E-state index in [-0.39, 0.29) is 11.8 Å². The van der Waals surface area contributed by atoms with Crippen LogP contribution in [0, 0.1) is 28.6 Å². The Morgan fingerprint density at radius 3 is 2.75 bits per heavy atom. The fourth-order valence-electron chi connectivity index (χ4n) is 4.51. The van der Waals surface area contributed by atoms with Crippen LogP contribution >= 0.6 is 11.3 Å². The molecule has 0 spiro atoms. The molecule has 0 radical (unpaired) electrons. The zero-order valence-electron chi connectivity index (χ0n) is 16.9. The van der Waals surface area contributed by atoms with E-state index in [4.69, 9.17) is 0 Å². The molecular formula is C24H28N2OS. The number of fused-ring (bicyclic) bond motifs is 1. The Morgan fingerprint density at radius 2 is 2.07 bits per heavy atom. The number of hydrogen-bond donors (Lipinski definition) is 1. The highest BCUT2D eigenvalue weighted by Crippen LogP contribution is 2.49. The Hall–Kier alpha value is -2.12. The Morgan fingerprint density at radius 1 is 1.32 bits per heavy atom. The topological polar surface area (TPSA) is 52.9 Å². The molecule has 0 bridgehead atoms. The fourth-order valence-corrected chi connectivity index (χ4v) is 5.79. The third-order valence-corrected chi connectivity index (χ3v) is 8.15. The predicted molar refractivity (Wildman–Crippen MR) is 115 cm³/mol. The molecule has 1 N–H and O–H groups in total. The lowest BCUT2D eigenvalue weighted by Gasteiger charge is -2.36. The quantitative estimate of drug-likeness (QED) is 0.688. The predicted octanol–water partition coefficient (Wildman–Crippen LogP) is 5.90. The van der Waals surface area contributed by atoms with Crippen molar-refractivity contribution in [3.8, 4) is 6.07 Å². The van der Waals surface area contributed by atoms with Crippen molar-refractivity contribution in [2.75, 3.05) is 5.32 Å². The van der Waals surface area contributed by atoms with Gasteiger partial charge in [0, 0.05) is 10.8 Å². The molecule has 0 aliphatic heterocycles. The smallest absolute Gasteiger partial charge is 0.228 e. The molecule has 146 valence electrons. The summed E-state index contributed by atoms with van der Waals surface area (Å²) < 4.78 is 0. The first kappa shape index (κ1) is 19.2. The second-order valence-corrected chi connectivity index (χ2v) is 10.1. The van der Waals surface area contributed by atoms with E-state index in [0.29, 0.717) is 22.8 Å². The van der Waals surface area contributed by atoms with Crippen molar-refractivity contribution in [2.24, 2.45) is 17.3 Å². The maximum Gasteiger partial charge on any atom is 0.228 e. The molecule has 2 aromatic rings. The van der Waals surface area contributed by atoms with E-state index in [0.717, 1.165) is 37.1 Å². The largest absolute Gasteiger partial charge is 0.316 e. The second kappa shape index (κ2) is 7.37. The lowest BCUT2D eigenvalue weighted by Crippen LogP contribution is -2.28. The number of carbonyl (C=O) groups excluding carboxylic acids is 1. The summed E-state index contributed by atoms with van der Waals surface area (Å²) in [7, 11) is 0. The van der Waals surface area contributed by atoms with Gasteiger partial charge in [-0.25, -0.2) is 0 Å². The number of nitrogens with one attached hydrogen (secondary N) is 1. The zero-order chi connectivity index (χ0) is 19.9. The van der Waals surface area contributed by atoms with Gasteiger partial charge in [0.2, 0.25) is 5.91 Å². The van der Waals surface area contributed by atoms with Crippen LogP contribution in [0.5, 0.6) is 0 Å². The molecule has 2 aliphatic rings. The monoisotopic (exact) mass is 392 g/mol. The molecule has 1 heterocycles. The summed E-state index contributed by atoms with van der Waals surface area (Å²) in [5.74, 6) is 1.05. The molecule has 4 heteroatoms. The first-order valence-corrected chi connectivity index (χ1v) is 11.2. The highest BCUT2D eigenvalue weighted by atomic mass is 32.1. The van der Waals surface area contributed by atoms with Gasteiger partial charge < -0.3 is 5.32 Å². The van der Waals surface area contributed by atoms with Gasteiger partial charge in [0.1, 0.15) is 11.1 Å². The Balaban J connectivity index is 1.49. The van der Waals surface area contributed by atoms with Crippen LogP contribution in [0.15, 0.2) is 30.3 Å². The van der Waals surface area contributed by atoms with E-state index in [2.05, 4.69) is 44.3 Å². The number of nitrogens with zero attached hydrogens (tertiary/aromatic N) is 1. The lowest BCUT2D eigenvalue weighted by atomic mass is 9.69. The number of amides is 1. The molecular weight excluding hydrogens is 364 g/mol. The van der Waals surface area contributed by atoms with Crippen LogP contribution in [0.25, 0.3) is 0 Å². The van der Waals surface area contributed by atoms with Crippen molar-refractivity contribution in [1.29, 1.82) is 5.26 Å². The molecule has 0 saturated heterocycles. The van der Waals surface area contributed by atoms with Crippen molar-refractivity contribution in [2.45, 2.75) is 58.8 Å². The third-order valence-electron chi connectivity index (χ3n) is 6.99. The Bertz CT molecular complexity index is 922. The summed E-state index contributed by atoms with van der Waals surface area (Å²) in [5.41, 5.74) is 3.44. The van der Waals surface area contributed by atoms with Crippen LogP contribution < -0.4 is 5.32 Å². The van der Waals surface area contributed by atoms with Gasteiger partial charge in [-0.2, -0.15) is 5.26 Å². The van der Waals surface area contributed by atoms with Gasteiger partial charge in [0.15, 0.2) is 0 Å².